The molecule has 1 heterocycles. The van der Waals surface area contributed by atoms with Crippen molar-refractivity contribution in [2.24, 2.45) is 0 Å². The fourth-order valence-electron chi connectivity index (χ4n) is 1.35. The highest BCUT2D eigenvalue weighted by atomic mass is 19.2. The van der Waals surface area contributed by atoms with Gasteiger partial charge >= 0.3 is 11.9 Å². The van der Waals surface area contributed by atoms with Gasteiger partial charge in [-0.25, -0.2) is 13.6 Å². The summed E-state index contributed by atoms with van der Waals surface area (Å²) in [4.78, 5) is 14.8. The quantitative estimate of drug-likeness (QED) is 0.780. The van der Waals surface area contributed by atoms with Crippen LogP contribution in [0, 0.1) is 11.6 Å². The van der Waals surface area contributed by atoms with Gasteiger partial charge in [0.25, 0.3) is 0 Å². The molecule has 0 aliphatic heterocycles. The van der Waals surface area contributed by atoms with Gasteiger partial charge in [-0.2, -0.15) is 4.98 Å². The molecule has 0 saturated heterocycles. The number of rotatable bonds is 3. The molecular formula is C11H8F2N2O3. The molecule has 0 spiro atoms. The van der Waals surface area contributed by atoms with E-state index in [1.165, 1.54) is 19.2 Å². The van der Waals surface area contributed by atoms with Gasteiger partial charge in [0.2, 0.25) is 0 Å². The third-order valence-corrected chi connectivity index (χ3v) is 2.21. The van der Waals surface area contributed by atoms with Crippen molar-refractivity contribution in [2.75, 3.05) is 7.11 Å². The fourth-order valence-corrected chi connectivity index (χ4v) is 1.35. The van der Waals surface area contributed by atoms with Gasteiger partial charge in [-0.05, 0) is 11.6 Å². The molecule has 7 heteroatoms. The second kappa shape index (κ2) is 4.91. The van der Waals surface area contributed by atoms with Gasteiger partial charge in [-0.3, -0.25) is 0 Å². The number of esters is 1. The van der Waals surface area contributed by atoms with Crippen molar-refractivity contribution in [3.63, 3.8) is 0 Å². The first-order valence-electron chi connectivity index (χ1n) is 4.95. The van der Waals surface area contributed by atoms with Crippen molar-refractivity contribution in [3.8, 4) is 0 Å². The molecule has 0 radical (unpaired) electrons. The van der Waals surface area contributed by atoms with Gasteiger partial charge in [-0.1, -0.05) is 17.3 Å². The molecule has 0 aliphatic carbocycles. The van der Waals surface area contributed by atoms with E-state index in [0.29, 0.717) is 0 Å². The van der Waals surface area contributed by atoms with Crippen molar-refractivity contribution >= 4 is 5.97 Å². The minimum Gasteiger partial charge on any atom is -0.462 e. The maximum Gasteiger partial charge on any atom is 0.397 e. The molecule has 0 amide bonds. The van der Waals surface area contributed by atoms with E-state index >= 15 is 0 Å². The Bertz CT molecular complexity index is 583. The number of halogens is 2. The lowest BCUT2D eigenvalue weighted by Crippen LogP contribution is -2.02. The molecule has 1 aromatic heterocycles. The van der Waals surface area contributed by atoms with Gasteiger partial charge < -0.3 is 9.26 Å². The van der Waals surface area contributed by atoms with E-state index in [-0.39, 0.29) is 23.7 Å². The highest BCUT2D eigenvalue weighted by Crippen LogP contribution is 2.14. The Morgan fingerprint density at radius 2 is 2.22 bits per heavy atom. The molecule has 18 heavy (non-hydrogen) atoms. The van der Waals surface area contributed by atoms with E-state index in [4.69, 9.17) is 0 Å². The lowest BCUT2D eigenvalue weighted by molar-refractivity contribution is 0.0545. The van der Waals surface area contributed by atoms with Gasteiger partial charge in [0.15, 0.2) is 17.5 Å². The smallest absolute Gasteiger partial charge is 0.397 e. The third kappa shape index (κ3) is 2.34. The monoisotopic (exact) mass is 254 g/mol. The average Bonchev–Trinajstić information content (AvgIpc) is 2.82. The van der Waals surface area contributed by atoms with Gasteiger partial charge in [0.1, 0.15) is 0 Å². The van der Waals surface area contributed by atoms with E-state index in [9.17, 15) is 13.6 Å². The number of ether oxygens (including phenoxy) is 1. The first kappa shape index (κ1) is 12.2. The highest BCUT2D eigenvalue weighted by Gasteiger charge is 2.17. The van der Waals surface area contributed by atoms with Crippen molar-refractivity contribution in [1.82, 2.24) is 10.1 Å². The molecule has 5 nitrogen and oxygen atoms in total. The first-order valence-corrected chi connectivity index (χ1v) is 4.95. The molecule has 0 bridgehead atoms. The largest absolute Gasteiger partial charge is 0.462 e. The Kier molecular flexibility index (Phi) is 3.31. The van der Waals surface area contributed by atoms with Crippen molar-refractivity contribution in [3.05, 3.63) is 47.1 Å². The second-order valence-corrected chi connectivity index (χ2v) is 3.40. The number of nitrogens with zero attached hydrogens (tertiary/aromatic N) is 2. The van der Waals surface area contributed by atoms with Crippen LogP contribution in [-0.4, -0.2) is 23.2 Å². The SMILES string of the molecule is COC(=O)c1nc(Cc2cccc(F)c2F)no1. The van der Waals surface area contributed by atoms with Crippen LogP contribution in [-0.2, 0) is 11.2 Å². The highest BCUT2D eigenvalue weighted by molar-refractivity contribution is 5.83. The number of hydrogen-bond donors (Lipinski definition) is 0. The van der Waals surface area contributed by atoms with Crippen LogP contribution in [0.5, 0.6) is 0 Å². The number of aromatic nitrogens is 2. The fraction of sp³-hybridized carbons (Fsp3) is 0.182. The summed E-state index contributed by atoms with van der Waals surface area (Å²) in [5.74, 6) is -2.97. The lowest BCUT2D eigenvalue weighted by Gasteiger charge is -1.99. The predicted octanol–water partition coefficient (Wildman–Crippen LogP) is 1.73. The summed E-state index contributed by atoms with van der Waals surface area (Å²) in [5, 5.41) is 3.48. The predicted molar refractivity (Wildman–Crippen MR) is 54.8 cm³/mol. The Morgan fingerprint density at radius 3 is 2.94 bits per heavy atom. The molecular weight excluding hydrogens is 246 g/mol. The number of methoxy groups -OCH3 is 1. The number of carbonyl (C=O) groups is 1. The Morgan fingerprint density at radius 1 is 1.44 bits per heavy atom. The third-order valence-electron chi connectivity index (χ3n) is 2.21. The number of hydrogen-bond acceptors (Lipinski definition) is 5. The Hall–Kier alpha value is -2.31. The minimum atomic E-state index is -0.970. The van der Waals surface area contributed by atoms with Crippen LogP contribution in [0.4, 0.5) is 8.78 Å². The molecule has 0 unspecified atom stereocenters. The summed E-state index contributed by atoms with van der Waals surface area (Å²) in [6.07, 6.45) is -0.0793. The molecule has 0 fully saturated rings. The Labute approximate surface area is 100 Å². The molecule has 2 aromatic rings. The van der Waals surface area contributed by atoms with E-state index in [1.807, 2.05) is 0 Å². The van der Waals surface area contributed by atoms with Crippen molar-refractivity contribution in [1.29, 1.82) is 0 Å². The van der Waals surface area contributed by atoms with Gasteiger partial charge in [-0.15, -0.1) is 0 Å². The molecule has 94 valence electrons. The summed E-state index contributed by atoms with van der Waals surface area (Å²) >= 11 is 0. The molecule has 2 rings (SSSR count). The minimum absolute atomic E-state index is 0.0694. The van der Waals surface area contributed by atoms with Gasteiger partial charge in [0.05, 0.1) is 7.11 Å². The van der Waals surface area contributed by atoms with Crippen LogP contribution in [0.3, 0.4) is 0 Å². The van der Waals surface area contributed by atoms with Crippen LogP contribution < -0.4 is 0 Å². The zero-order valence-electron chi connectivity index (χ0n) is 9.31. The molecule has 0 atom stereocenters. The average molecular weight is 254 g/mol. The molecule has 1 aromatic carbocycles. The molecule has 0 saturated carbocycles. The summed E-state index contributed by atoms with van der Waals surface area (Å²) < 4.78 is 35.3. The molecule has 0 aliphatic rings. The van der Waals surface area contributed by atoms with E-state index < -0.39 is 17.6 Å². The lowest BCUT2D eigenvalue weighted by atomic mass is 10.1. The van der Waals surface area contributed by atoms with E-state index in [2.05, 4.69) is 19.4 Å². The molecule has 0 N–H and O–H groups in total. The van der Waals surface area contributed by atoms with Gasteiger partial charge in [0, 0.05) is 6.42 Å². The van der Waals surface area contributed by atoms with Crippen molar-refractivity contribution < 1.29 is 22.8 Å². The summed E-state index contributed by atoms with van der Waals surface area (Å²) in [6.45, 7) is 0. The normalized spacial score (nSPS) is 10.4. The van der Waals surface area contributed by atoms with Crippen molar-refractivity contribution in [2.45, 2.75) is 6.42 Å². The van der Waals surface area contributed by atoms with E-state index in [1.54, 1.807) is 0 Å². The maximum atomic E-state index is 13.4. The second-order valence-electron chi connectivity index (χ2n) is 3.40. The maximum absolute atomic E-state index is 13.4. The number of benzene rings is 1. The van der Waals surface area contributed by atoms with Crippen LogP contribution in [0.15, 0.2) is 22.7 Å². The van der Waals surface area contributed by atoms with Crippen LogP contribution in [0.2, 0.25) is 0 Å². The zero-order valence-corrected chi connectivity index (χ0v) is 9.31. The first-order chi connectivity index (χ1) is 8.61. The van der Waals surface area contributed by atoms with Crippen LogP contribution in [0.25, 0.3) is 0 Å². The van der Waals surface area contributed by atoms with Crippen LogP contribution >= 0.6 is 0 Å². The summed E-state index contributed by atoms with van der Waals surface area (Å²) in [7, 11) is 1.17. The standard InChI is InChI=1S/C11H8F2N2O3/c1-17-11(16)10-14-8(15-18-10)5-6-3-2-4-7(12)9(6)13/h2-4H,5H2,1H3. The summed E-state index contributed by atoms with van der Waals surface area (Å²) in [6, 6.07) is 3.77. The van der Waals surface area contributed by atoms with E-state index in [0.717, 1.165) is 6.07 Å². The summed E-state index contributed by atoms with van der Waals surface area (Å²) in [5.41, 5.74) is 0.0761. The topological polar surface area (TPSA) is 65.2 Å². The Balaban J connectivity index is 2.21. The number of carbonyl (C=O) groups excluding carboxylic acids is 1. The van der Waals surface area contributed by atoms with Crippen LogP contribution in [0.1, 0.15) is 22.1 Å². The zero-order chi connectivity index (χ0) is 13.1.